The highest BCUT2D eigenvalue weighted by atomic mass is 16.2. The summed E-state index contributed by atoms with van der Waals surface area (Å²) in [5.41, 5.74) is 0.918. The highest BCUT2D eigenvalue weighted by Crippen LogP contribution is 2.39. The third kappa shape index (κ3) is 4.96. The van der Waals surface area contributed by atoms with Crippen LogP contribution in [0.4, 0.5) is 0 Å². The van der Waals surface area contributed by atoms with E-state index in [1.165, 1.54) is 5.56 Å². The summed E-state index contributed by atoms with van der Waals surface area (Å²) in [6, 6.07) is 11.2. The van der Waals surface area contributed by atoms with E-state index in [-0.39, 0.29) is 29.4 Å². The third-order valence-corrected chi connectivity index (χ3v) is 7.53. The number of benzene rings is 1. The fourth-order valence-electron chi connectivity index (χ4n) is 5.86. The number of likely N-dealkylation sites (tertiary alicyclic amines) is 1. The highest BCUT2D eigenvalue weighted by molar-refractivity contribution is 5.81. The summed E-state index contributed by atoms with van der Waals surface area (Å²) in [5, 5.41) is 3.29. The molecule has 0 aromatic heterocycles. The van der Waals surface area contributed by atoms with E-state index in [2.05, 4.69) is 65.1 Å². The Morgan fingerprint density at radius 3 is 2.55 bits per heavy atom. The SMILES string of the molecule is CC(C)N1CCN(CC(=O)N2[C@H](Cc3ccccc3)C[C@]3(C)NC(=O)CCC[C@H]23)CC1. The van der Waals surface area contributed by atoms with Crippen molar-refractivity contribution in [3.05, 3.63) is 35.9 Å². The van der Waals surface area contributed by atoms with Crippen LogP contribution in [0.15, 0.2) is 30.3 Å². The minimum absolute atomic E-state index is 0.0807. The van der Waals surface area contributed by atoms with Crippen molar-refractivity contribution in [1.29, 1.82) is 0 Å². The van der Waals surface area contributed by atoms with E-state index in [1.807, 2.05) is 6.07 Å². The molecule has 4 rings (SSSR count). The zero-order chi connectivity index (χ0) is 22.0. The average molecular weight is 427 g/mol. The second-order valence-electron chi connectivity index (χ2n) is 10.1. The van der Waals surface area contributed by atoms with Crippen LogP contribution in [-0.4, -0.2) is 82.9 Å². The van der Waals surface area contributed by atoms with Crippen molar-refractivity contribution in [2.75, 3.05) is 32.7 Å². The van der Waals surface area contributed by atoms with E-state index < -0.39 is 0 Å². The van der Waals surface area contributed by atoms with E-state index in [0.29, 0.717) is 19.0 Å². The lowest BCUT2D eigenvalue weighted by Crippen LogP contribution is -2.56. The van der Waals surface area contributed by atoms with Gasteiger partial charge < -0.3 is 10.2 Å². The van der Waals surface area contributed by atoms with Gasteiger partial charge in [0.25, 0.3) is 0 Å². The molecule has 3 heterocycles. The summed E-state index contributed by atoms with van der Waals surface area (Å²) < 4.78 is 0. The van der Waals surface area contributed by atoms with Gasteiger partial charge in [-0.1, -0.05) is 30.3 Å². The smallest absolute Gasteiger partial charge is 0.237 e. The zero-order valence-corrected chi connectivity index (χ0v) is 19.3. The van der Waals surface area contributed by atoms with Gasteiger partial charge in [-0.05, 0) is 52.0 Å². The van der Waals surface area contributed by atoms with Crippen molar-refractivity contribution in [2.45, 2.75) is 76.5 Å². The van der Waals surface area contributed by atoms with Crippen LogP contribution in [0.1, 0.15) is 52.0 Å². The number of rotatable bonds is 5. The Morgan fingerprint density at radius 1 is 1.16 bits per heavy atom. The van der Waals surface area contributed by atoms with Crippen LogP contribution >= 0.6 is 0 Å². The average Bonchev–Trinajstić information content (AvgIpc) is 2.90. The Kier molecular flexibility index (Phi) is 6.68. The summed E-state index contributed by atoms with van der Waals surface area (Å²) in [6.07, 6.45) is 3.98. The molecule has 31 heavy (non-hydrogen) atoms. The molecule has 3 saturated heterocycles. The molecule has 0 bridgehead atoms. The van der Waals surface area contributed by atoms with Crippen molar-refractivity contribution >= 4 is 11.8 Å². The summed E-state index contributed by atoms with van der Waals surface area (Å²) in [5.74, 6) is 0.353. The molecular formula is C25H38N4O2. The topological polar surface area (TPSA) is 55.9 Å². The Labute approximate surface area is 187 Å². The van der Waals surface area contributed by atoms with Crippen molar-refractivity contribution in [1.82, 2.24) is 20.0 Å². The first-order valence-corrected chi connectivity index (χ1v) is 12.0. The highest BCUT2D eigenvalue weighted by Gasteiger charge is 2.52. The molecule has 0 radical (unpaired) electrons. The lowest BCUT2D eigenvalue weighted by atomic mass is 9.88. The number of piperazine rings is 1. The maximum atomic E-state index is 13.7. The number of carbonyl (C=O) groups excluding carboxylic acids is 2. The number of nitrogens with zero attached hydrogens (tertiary/aromatic N) is 3. The molecule has 6 nitrogen and oxygen atoms in total. The first-order valence-electron chi connectivity index (χ1n) is 12.0. The molecular weight excluding hydrogens is 388 g/mol. The van der Waals surface area contributed by atoms with E-state index in [1.54, 1.807) is 0 Å². The number of fused-ring (bicyclic) bond motifs is 1. The van der Waals surface area contributed by atoms with Gasteiger partial charge in [0.05, 0.1) is 18.1 Å². The van der Waals surface area contributed by atoms with Crippen LogP contribution in [0.5, 0.6) is 0 Å². The second kappa shape index (κ2) is 9.29. The molecule has 0 unspecified atom stereocenters. The van der Waals surface area contributed by atoms with E-state index in [9.17, 15) is 9.59 Å². The van der Waals surface area contributed by atoms with Gasteiger partial charge in [0.2, 0.25) is 11.8 Å². The molecule has 0 saturated carbocycles. The van der Waals surface area contributed by atoms with Crippen LogP contribution in [0.3, 0.4) is 0 Å². The summed E-state index contributed by atoms with van der Waals surface area (Å²) in [4.78, 5) is 33.0. The van der Waals surface area contributed by atoms with Gasteiger partial charge in [-0.15, -0.1) is 0 Å². The Morgan fingerprint density at radius 2 is 1.87 bits per heavy atom. The van der Waals surface area contributed by atoms with Crippen LogP contribution in [0, 0.1) is 0 Å². The standard InChI is InChI=1S/C25H38N4O2/c1-19(2)28-14-12-27(13-15-28)18-24(31)29-21(16-20-8-5-4-6-9-20)17-25(3)22(29)10-7-11-23(30)26-25/h4-6,8-9,19,21-22H,7,10-18H2,1-3H3,(H,26,30)/t21-,22+,25+/m1/s1. The van der Waals surface area contributed by atoms with Gasteiger partial charge in [0, 0.05) is 44.7 Å². The molecule has 170 valence electrons. The van der Waals surface area contributed by atoms with Gasteiger partial charge in [-0.2, -0.15) is 0 Å². The second-order valence-corrected chi connectivity index (χ2v) is 10.1. The predicted molar refractivity (Wildman–Crippen MR) is 123 cm³/mol. The summed E-state index contributed by atoms with van der Waals surface area (Å²) >= 11 is 0. The minimum Gasteiger partial charge on any atom is -0.349 e. The molecule has 1 aromatic carbocycles. The maximum absolute atomic E-state index is 13.7. The number of amides is 2. The number of carbonyl (C=O) groups is 2. The quantitative estimate of drug-likeness (QED) is 0.785. The lowest BCUT2D eigenvalue weighted by molar-refractivity contribution is -0.136. The monoisotopic (exact) mass is 426 g/mol. The normalized spacial score (nSPS) is 30.2. The fraction of sp³-hybridized carbons (Fsp3) is 0.680. The Bertz CT molecular complexity index is 775. The first kappa shape index (κ1) is 22.3. The first-order chi connectivity index (χ1) is 14.9. The lowest BCUT2D eigenvalue weighted by Gasteiger charge is -2.39. The number of hydrogen-bond donors (Lipinski definition) is 1. The van der Waals surface area contributed by atoms with Crippen molar-refractivity contribution < 1.29 is 9.59 Å². The molecule has 1 N–H and O–H groups in total. The molecule has 1 aromatic rings. The van der Waals surface area contributed by atoms with Crippen LogP contribution in [-0.2, 0) is 16.0 Å². The summed E-state index contributed by atoms with van der Waals surface area (Å²) in [6.45, 7) is 11.0. The zero-order valence-electron chi connectivity index (χ0n) is 19.3. The van der Waals surface area contributed by atoms with Crippen molar-refractivity contribution in [2.24, 2.45) is 0 Å². The molecule has 3 atom stereocenters. The maximum Gasteiger partial charge on any atom is 0.237 e. The van der Waals surface area contributed by atoms with E-state index >= 15 is 0 Å². The Hall–Kier alpha value is -1.92. The van der Waals surface area contributed by atoms with Gasteiger partial charge in [-0.25, -0.2) is 0 Å². The third-order valence-electron chi connectivity index (χ3n) is 7.53. The fourth-order valence-corrected chi connectivity index (χ4v) is 5.86. The molecule has 2 amide bonds. The summed E-state index contributed by atoms with van der Waals surface area (Å²) in [7, 11) is 0. The molecule has 3 aliphatic rings. The predicted octanol–water partition coefficient (Wildman–Crippen LogP) is 2.28. The molecule has 3 fully saturated rings. The minimum atomic E-state index is -0.334. The number of hydrogen-bond acceptors (Lipinski definition) is 4. The molecule has 0 aliphatic carbocycles. The van der Waals surface area contributed by atoms with Gasteiger partial charge in [-0.3, -0.25) is 19.4 Å². The van der Waals surface area contributed by atoms with Gasteiger partial charge in [0.15, 0.2) is 0 Å². The largest absolute Gasteiger partial charge is 0.349 e. The Balaban J connectivity index is 1.51. The van der Waals surface area contributed by atoms with Gasteiger partial charge in [0.1, 0.15) is 0 Å². The molecule has 3 aliphatic heterocycles. The van der Waals surface area contributed by atoms with E-state index in [0.717, 1.165) is 51.9 Å². The van der Waals surface area contributed by atoms with Crippen LogP contribution in [0.25, 0.3) is 0 Å². The van der Waals surface area contributed by atoms with Crippen molar-refractivity contribution in [3.8, 4) is 0 Å². The van der Waals surface area contributed by atoms with E-state index in [4.69, 9.17) is 0 Å². The van der Waals surface area contributed by atoms with Crippen LogP contribution in [0.2, 0.25) is 0 Å². The van der Waals surface area contributed by atoms with Crippen LogP contribution < -0.4 is 5.32 Å². The van der Waals surface area contributed by atoms with Crippen molar-refractivity contribution in [3.63, 3.8) is 0 Å². The van der Waals surface area contributed by atoms with Gasteiger partial charge >= 0.3 is 0 Å². The molecule has 0 spiro atoms. The number of nitrogens with one attached hydrogen (secondary N) is 1. The molecule has 6 heteroatoms.